The van der Waals surface area contributed by atoms with Crippen molar-refractivity contribution in [2.75, 3.05) is 54.5 Å². The van der Waals surface area contributed by atoms with Gasteiger partial charge in [0.25, 0.3) is 0 Å². The third-order valence-electron chi connectivity index (χ3n) is 15.8. The highest BCUT2D eigenvalue weighted by Gasteiger charge is 2.43. The normalized spacial score (nSPS) is 20.1. The van der Waals surface area contributed by atoms with Crippen molar-refractivity contribution in [2.45, 2.75) is 99.6 Å². The highest BCUT2D eigenvalue weighted by Crippen LogP contribution is 2.43. The van der Waals surface area contributed by atoms with E-state index in [1.54, 1.807) is 73.3 Å². The van der Waals surface area contributed by atoms with E-state index in [-0.39, 0.29) is 60.9 Å². The van der Waals surface area contributed by atoms with Crippen LogP contribution in [0, 0.1) is 23.5 Å². The predicted octanol–water partition coefficient (Wildman–Crippen LogP) is 9.31. The number of pyridine rings is 4. The van der Waals surface area contributed by atoms with Gasteiger partial charge < -0.3 is 40.2 Å². The van der Waals surface area contributed by atoms with Gasteiger partial charge in [0.05, 0.1) is 50.6 Å². The second-order valence-electron chi connectivity index (χ2n) is 21.4. The van der Waals surface area contributed by atoms with Crippen LogP contribution in [0.15, 0.2) is 122 Å². The Morgan fingerprint density at radius 2 is 1.10 bits per heavy atom. The number of methoxy groups -OCH3 is 2. The number of rotatable bonds is 21. The van der Waals surface area contributed by atoms with Gasteiger partial charge in [-0.15, -0.1) is 0 Å². The molecule has 10 rings (SSSR count). The fourth-order valence-corrected chi connectivity index (χ4v) is 11.3. The number of hydrogen-bond donors (Lipinski definition) is 6. The van der Waals surface area contributed by atoms with Crippen molar-refractivity contribution >= 4 is 81.2 Å². The summed E-state index contributed by atoms with van der Waals surface area (Å²) >= 11 is 9.37. The number of nitrogens with two attached hydrogens (primary N) is 1. The van der Waals surface area contributed by atoms with Crippen LogP contribution in [-0.4, -0.2) is 120 Å². The number of likely N-dealkylation sites (tertiary alicyclic amines) is 2. The third kappa shape index (κ3) is 15.4. The van der Waals surface area contributed by atoms with Gasteiger partial charge >= 0.3 is 12.1 Å². The topological polar surface area (TPSA) is 271 Å². The minimum atomic E-state index is -2.39. The zero-order valence-corrected chi connectivity index (χ0v) is 48.5. The molecule has 25 heteroatoms. The minimum absolute atomic E-state index is 0.00149. The third-order valence-corrected chi connectivity index (χ3v) is 16.7. The van der Waals surface area contributed by atoms with Crippen molar-refractivity contribution in [3.63, 3.8) is 0 Å². The van der Waals surface area contributed by atoms with E-state index in [1.807, 2.05) is 12.1 Å². The average Bonchev–Trinajstić information content (AvgIpc) is 4.54. The monoisotopic (exact) mass is 1210 g/mol. The summed E-state index contributed by atoms with van der Waals surface area (Å²) in [6.45, 7) is 0.324. The van der Waals surface area contributed by atoms with Gasteiger partial charge in [0, 0.05) is 77.3 Å². The van der Waals surface area contributed by atoms with Crippen molar-refractivity contribution in [3.8, 4) is 0 Å². The number of aromatic nitrogens is 4. The highest BCUT2D eigenvalue weighted by atomic mass is 35.5. The first-order valence-corrected chi connectivity index (χ1v) is 29.5. The zero-order chi connectivity index (χ0) is 59.5. The van der Waals surface area contributed by atoms with Crippen LogP contribution >= 0.6 is 23.2 Å². The lowest BCUT2D eigenvalue weighted by atomic mass is 9.79. The van der Waals surface area contributed by atoms with Crippen LogP contribution in [0.1, 0.15) is 86.5 Å². The molecule has 0 spiro atoms. The maximum absolute atomic E-state index is 15.3. The van der Waals surface area contributed by atoms with Gasteiger partial charge in [0.1, 0.15) is 35.4 Å². The molecule has 4 fully saturated rings. The molecule has 444 valence electrons. The first-order chi connectivity index (χ1) is 40.4. The Morgan fingerprint density at radius 1 is 0.643 bits per heavy atom. The van der Waals surface area contributed by atoms with Gasteiger partial charge in [-0.2, -0.15) is 0 Å². The summed E-state index contributed by atoms with van der Waals surface area (Å²) < 4.78 is 64.6. The van der Waals surface area contributed by atoms with Crippen molar-refractivity contribution in [2.24, 2.45) is 17.6 Å². The number of ether oxygens (including phenoxy) is 2. The summed E-state index contributed by atoms with van der Waals surface area (Å²) in [5, 5.41) is 14.7. The first kappa shape index (κ1) is 61.5. The first-order valence-electron chi connectivity index (χ1n) is 27.5. The molecule has 2 aliphatic carbocycles. The van der Waals surface area contributed by atoms with E-state index in [4.69, 9.17) is 38.4 Å². The second-order valence-corrected chi connectivity index (χ2v) is 23.2. The number of nitrogens with one attached hydrogen (secondary N) is 5. The Hall–Kier alpha value is -7.09. The van der Waals surface area contributed by atoms with Gasteiger partial charge in [-0.25, -0.2) is 28.3 Å². The Morgan fingerprint density at radius 3 is 1.54 bits per heavy atom. The number of urea groups is 2. The molecule has 6 amide bonds. The summed E-state index contributed by atoms with van der Waals surface area (Å²) in [6.07, 6.45) is 16.7. The average molecular weight is 1210 g/mol. The molecule has 2 saturated heterocycles. The summed E-state index contributed by atoms with van der Waals surface area (Å²) in [5.41, 5.74) is 7.93. The van der Waals surface area contributed by atoms with Gasteiger partial charge in [-0.1, -0.05) is 61.0 Å². The van der Waals surface area contributed by atoms with E-state index in [0.29, 0.717) is 45.8 Å². The van der Waals surface area contributed by atoms with Crippen LogP contribution in [0.5, 0.6) is 0 Å². The summed E-state index contributed by atoms with van der Waals surface area (Å²) in [4.78, 5) is 72.4. The van der Waals surface area contributed by atoms with Crippen LogP contribution in [0.3, 0.4) is 0 Å². The SMILES string of the molecule is CO[C@@H]1C[C@H](C(=O)Nc2cc(C(CCC3CC3)(NCS(=O)[O-])c3ccncc3)ccc2F)N(C(=O)Nc2ccc(Cl)cn2)C1.CO[C@@H]1C[C@H](C(=O)Nc2cc(C(N)(CCC3CC3)c3ccncc3)ccc2F)N(C(=O)Nc2ccc(Cl)cn2)C1. The van der Waals surface area contributed by atoms with Crippen molar-refractivity contribution in [1.82, 2.24) is 35.1 Å². The lowest BCUT2D eigenvalue weighted by Gasteiger charge is -2.37. The maximum Gasteiger partial charge on any atom is 0.323 e. The Balaban J connectivity index is 0.000000202. The van der Waals surface area contributed by atoms with Crippen molar-refractivity contribution in [3.05, 3.63) is 166 Å². The highest BCUT2D eigenvalue weighted by molar-refractivity contribution is 7.79. The molecule has 20 nitrogen and oxygen atoms in total. The van der Waals surface area contributed by atoms with Crippen molar-refractivity contribution in [1.29, 1.82) is 0 Å². The van der Waals surface area contributed by atoms with E-state index < -0.39 is 75.9 Å². The number of carbonyl (C=O) groups is 4. The Kier molecular flexibility index (Phi) is 20.3. The van der Waals surface area contributed by atoms with E-state index in [0.717, 1.165) is 36.8 Å². The summed E-state index contributed by atoms with van der Waals surface area (Å²) in [5.74, 6) is -1.01. The number of carbonyl (C=O) groups excluding carboxylic acids is 4. The molecule has 2 saturated carbocycles. The molecule has 0 bridgehead atoms. The number of nitrogens with zero attached hydrogens (tertiary/aromatic N) is 6. The number of benzene rings is 2. The van der Waals surface area contributed by atoms with E-state index in [1.165, 1.54) is 73.5 Å². The van der Waals surface area contributed by atoms with Gasteiger partial charge in [-0.05, 0) is 144 Å². The maximum atomic E-state index is 15.3. The van der Waals surface area contributed by atoms with E-state index in [2.05, 4.69) is 46.5 Å². The molecule has 2 aromatic carbocycles. The number of hydrogen-bond acceptors (Lipinski definition) is 14. The molecule has 6 heterocycles. The van der Waals surface area contributed by atoms with Gasteiger partial charge in [-0.3, -0.25) is 39.7 Å². The molecule has 4 aliphatic rings. The second kappa shape index (κ2) is 27.7. The zero-order valence-electron chi connectivity index (χ0n) is 46.2. The van der Waals surface area contributed by atoms with E-state index in [9.17, 15) is 27.9 Å². The molecule has 84 heavy (non-hydrogen) atoms. The van der Waals surface area contributed by atoms with Gasteiger partial charge in [0.15, 0.2) is 0 Å². The minimum Gasteiger partial charge on any atom is -0.771 e. The molecule has 7 N–H and O–H groups in total. The molecule has 7 atom stereocenters. The fourth-order valence-electron chi connectivity index (χ4n) is 10.7. The number of amides is 6. The Bertz CT molecular complexity index is 3290. The van der Waals surface area contributed by atoms with E-state index >= 15 is 8.78 Å². The lowest BCUT2D eigenvalue weighted by molar-refractivity contribution is -0.120. The molecule has 0 radical (unpaired) electrons. The quantitative estimate of drug-likeness (QED) is 0.0367. The smallest absolute Gasteiger partial charge is 0.323 e. The Labute approximate surface area is 497 Å². The molecule has 6 aromatic rings. The summed E-state index contributed by atoms with van der Waals surface area (Å²) in [7, 11) is 3.01. The molecular formula is C59H65Cl2F2N12O8S-. The predicted molar refractivity (Wildman–Crippen MR) is 313 cm³/mol. The van der Waals surface area contributed by atoms with Gasteiger partial charge in [0.2, 0.25) is 11.8 Å². The van der Waals surface area contributed by atoms with Crippen LogP contribution in [0.4, 0.5) is 41.4 Å². The molecule has 2 aliphatic heterocycles. The lowest BCUT2D eigenvalue weighted by Crippen LogP contribution is -2.46. The van der Waals surface area contributed by atoms with Crippen LogP contribution in [0.25, 0.3) is 0 Å². The standard InChI is InChI=1S/C30H34ClFN6O5S.C29H32ClFN6O3/c1-43-23-15-26(38(17-23)29(40)37-27-7-5-22(31)16-34-27)28(39)36-25-14-21(4-6-24(25)32)30(35-18-44(41)42,11-8-19-2-3-19)20-9-12-33-13-10-20;1-40-22-15-25(37(17-22)28(39)36-26-7-5-21(30)16-34-26)27(38)35-24-14-20(4-6-23(24)31)29(32,11-8-18-2-3-18)19-9-12-33-13-10-19/h4-7,9-10,12-14,16,19,23,26,35H,2-3,8,11,15,17-18H2,1H3,(H,36,39)(H,41,42)(H,34,37,40);4-7,9-10,12-14,16,18,22,25H,2-3,8,11,15,17,32H2,1H3,(H,35,38)(H,34,36,39)/p-1/t23-,26-,30?;22-,25-,29?/m11/s1. The number of anilines is 4. The van der Waals surface area contributed by atoms with Crippen LogP contribution < -0.4 is 32.3 Å². The molecular weight excluding hydrogens is 1150 g/mol. The van der Waals surface area contributed by atoms with Crippen molar-refractivity contribution < 1.29 is 46.2 Å². The molecule has 4 aromatic heterocycles. The van der Waals surface area contributed by atoms with Crippen LogP contribution in [0.2, 0.25) is 10.0 Å². The summed E-state index contributed by atoms with van der Waals surface area (Å²) in [6, 6.07) is 19.6. The van der Waals surface area contributed by atoms with Crippen LogP contribution in [-0.2, 0) is 41.2 Å². The fraction of sp³-hybridized carbons (Fsp3) is 0.390. The molecule has 3 unspecified atom stereocenters. The number of halogens is 4. The largest absolute Gasteiger partial charge is 0.771 e.